The molecule has 0 radical (unpaired) electrons. The maximum absolute atomic E-state index is 6.33. The average Bonchev–Trinajstić information content (AvgIpc) is 2.82. The first-order valence-corrected chi connectivity index (χ1v) is 6.06. The Morgan fingerprint density at radius 1 is 1.20 bits per heavy atom. The number of hydrogen-bond donors (Lipinski definition) is 1. The Morgan fingerprint density at radius 3 is 2.67 bits per heavy atom. The predicted molar refractivity (Wildman–Crippen MR) is 62.7 cm³/mol. The molecule has 0 amide bonds. The van der Waals surface area contributed by atoms with Crippen molar-refractivity contribution in [1.29, 1.82) is 0 Å². The Hall–Kier alpha value is -0.820. The van der Waals surface area contributed by atoms with Crippen LogP contribution in [0.15, 0.2) is 18.2 Å². The fourth-order valence-corrected chi connectivity index (χ4v) is 2.70. The molecule has 0 aliphatic heterocycles. The van der Waals surface area contributed by atoms with Gasteiger partial charge in [0, 0.05) is 6.04 Å². The third-order valence-corrected chi connectivity index (χ3v) is 4.27. The van der Waals surface area contributed by atoms with Gasteiger partial charge < -0.3 is 5.73 Å². The van der Waals surface area contributed by atoms with Crippen LogP contribution < -0.4 is 5.73 Å². The van der Waals surface area contributed by atoms with Crippen LogP contribution in [0.2, 0.25) is 0 Å². The second-order valence-corrected chi connectivity index (χ2v) is 5.51. The molecule has 1 nitrogen and oxygen atoms in total. The lowest BCUT2D eigenvalue weighted by Crippen LogP contribution is -2.20. The highest BCUT2D eigenvalue weighted by Gasteiger charge is 2.43. The molecule has 2 N–H and O–H groups in total. The quantitative estimate of drug-likeness (QED) is 0.782. The van der Waals surface area contributed by atoms with Crippen molar-refractivity contribution in [2.45, 2.75) is 45.1 Å². The summed E-state index contributed by atoms with van der Waals surface area (Å²) in [6.07, 6.45) is 6.44. The van der Waals surface area contributed by atoms with E-state index >= 15 is 0 Å². The summed E-state index contributed by atoms with van der Waals surface area (Å²) in [7, 11) is 0. The van der Waals surface area contributed by atoms with E-state index in [1.165, 1.54) is 37.7 Å². The Morgan fingerprint density at radius 2 is 1.93 bits per heavy atom. The highest BCUT2D eigenvalue weighted by Crippen LogP contribution is 2.53. The maximum Gasteiger partial charge on any atom is 0.0349 e. The number of hydrogen-bond acceptors (Lipinski definition) is 1. The first kappa shape index (κ1) is 9.41. The molecule has 0 saturated heterocycles. The van der Waals surface area contributed by atoms with E-state index in [0.717, 1.165) is 0 Å². The van der Waals surface area contributed by atoms with Crippen LogP contribution >= 0.6 is 0 Å². The summed E-state index contributed by atoms with van der Waals surface area (Å²) in [6.45, 7) is 2.31. The van der Waals surface area contributed by atoms with Crippen LogP contribution in [0.3, 0.4) is 0 Å². The van der Waals surface area contributed by atoms with E-state index in [-0.39, 0.29) is 6.04 Å². The van der Waals surface area contributed by atoms with Gasteiger partial charge in [0.05, 0.1) is 0 Å². The summed E-state index contributed by atoms with van der Waals surface area (Å²) in [4.78, 5) is 0. The lowest BCUT2D eigenvalue weighted by Gasteiger charge is -2.20. The van der Waals surface area contributed by atoms with Crippen molar-refractivity contribution < 1.29 is 0 Å². The lowest BCUT2D eigenvalue weighted by atomic mass is 9.91. The van der Waals surface area contributed by atoms with Crippen LogP contribution in [0.5, 0.6) is 0 Å². The molecule has 2 aliphatic rings. The van der Waals surface area contributed by atoms with E-state index in [2.05, 4.69) is 25.1 Å². The van der Waals surface area contributed by atoms with E-state index in [1.54, 1.807) is 11.1 Å². The number of aryl methyl sites for hydroxylation is 2. The van der Waals surface area contributed by atoms with Crippen LogP contribution in [-0.4, -0.2) is 0 Å². The molecule has 1 unspecified atom stereocenters. The molecule has 0 heterocycles. The van der Waals surface area contributed by atoms with E-state index in [0.29, 0.717) is 5.41 Å². The normalized spacial score (nSPS) is 23.6. The van der Waals surface area contributed by atoms with Gasteiger partial charge in [-0.05, 0) is 54.2 Å². The van der Waals surface area contributed by atoms with Crippen LogP contribution in [0, 0.1) is 5.41 Å². The number of nitrogens with two attached hydrogens (primary N) is 1. The summed E-state index contributed by atoms with van der Waals surface area (Å²) in [6, 6.07) is 7.15. The lowest BCUT2D eigenvalue weighted by molar-refractivity contribution is 0.451. The van der Waals surface area contributed by atoms with Crippen molar-refractivity contribution in [3.05, 3.63) is 34.9 Å². The molecule has 2 aliphatic carbocycles. The molecule has 0 spiro atoms. The molecule has 1 atom stereocenters. The van der Waals surface area contributed by atoms with Gasteiger partial charge in [-0.1, -0.05) is 25.1 Å². The van der Waals surface area contributed by atoms with Gasteiger partial charge in [0.1, 0.15) is 0 Å². The van der Waals surface area contributed by atoms with Crippen molar-refractivity contribution in [3.63, 3.8) is 0 Å². The summed E-state index contributed by atoms with van der Waals surface area (Å²) >= 11 is 0. The minimum Gasteiger partial charge on any atom is -0.323 e. The fourth-order valence-electron chi connectivity index (χ4n) is 2.70. The summed E-state index contributed by atoms with van der Waals surface area (Å²) < 4.78 is 0. The number of rotatable bonds is 2. The van der Waals surface area contributed by atoms with Gasteiger partial charge in [-0.3, -0.25) is 0 Å². The van der Waals surface area contributed by atoms with Gasteiger partial charge in [0.15, 0.2) is 0 Å². The molecule has 80 valence electrons. The molecular weight excluding hydrogens is 182 g/mol. The highest BCUT2D eigenvalue weighted by atomic mass is 14.7. The van der Waals surface area contributed by atoms with E-state index in [1.807, 2.05) is 0 Å². The Bertz CT molecular complexity index is 390. The zero-order chi connectivity index (χ0) is 10.5. The SMILES string of the molecule is CC1(C(N)c2ccc3c(c2)CCC3)CC1. The van der Waals surface area contributed by atoms with Gasteiger partial charge in [0.2, 0.25) is 0 Å². The second kappa shape index (κ2) is 3.08. The molecule has 0 bridgehead atoms. The van der Waals surface area contributed by atoms with Crippen molar-refractivity contribution in [1.82, 2.24) is 0 Å². The maximum atomic E-state index is 6.33. The molecular formula is C14H19N. The largest absolute Gasteiger partial charge is 0.323 e. The van der Waals surface area contributed by atoms with Gasteiger partial charge in [-0.25, -0.2) is 0 Å². The minimum atomic E-state index is 0.253. The Kier molecular flexibility index (Phi) is 1.93. The van der Waals surface area contributed by atoms with Crippen LogP contribution in [-0.2, 0) is 12.8 Å². The minimum absolute atomic E-state index is 0.253. The topological polar surface area (TPSA) is 26.0 Å². The Balaban J connectivity index is 1.92. The monoisotopic (exact) mass is 201 g/mol. The fraction of sp³-hybridized carbons (Fsp3) is 0.571. The highest BCUT2D eigenvalue weighted by molar-refractivity contribution is 5.37. The van der Waals surface area contributed by atoms with Crippen molar-refractivity contribution in [2.75, 3.05) is 0 Å². The standard InChI is InChI=1S/C14H19N/c1-14(7-8-14)13(15)12-6-5-10-3-2-4-11(10)9-12/h5-6,9,13H,2-4,7-8,15H2,1H3. The van der Waals surface area contributed by atoms with Crippen LogP contribution in [0.4, 0.5) is 0 Å². The summed E-state index contributed by atoms with van der Waals surface area (Å²) in [5.74, 6) is 0. The zero-order valence-electron chi connectivity index (χ0n) is 9.42. The van der Waals surface area contributed by atoms with Gasteiger partial charge in [0.25, 0.3) is 0 Å². The molecule has 15 heavy (non-hydrogen) atoms. The molecule has 1 fully saturated rings. The van der Waals surface area contributed by atoms with Crippen LogP contribution in [0.25, 0.3) is 0 Å². The second-order valence-electron chi connectivity index (χ2n) is 5.51. The van der Waals surface area contributed by atoms with E-state index < -0.39 is 0 Å². The molecule has 1 aromatic carbocycles. The molecule has 1 heteroatoms. The zero-order valence-corrected chi connectivity index (χ0v) is 9.42. The van der Waals surface area contributed by atoms with Gasteiger partial charge >= 0.3 is 0 Å². The Labute approximate surface area is 91.7 Å². The third kappa shape index (κ3) is 1.50. The number of benzene rings is 1. The smallest absolute Gasteiger partial charge is 0.0349 e. The van der Waals surface area contributed by atoms with E-state index in [4.69, 9.17) is 5.73 Å². The van der Waals surface area contributed by atoms with Gasteiger partial charge in [-0.15, -0.1) is 0 Å². The first-order valence-electron chi connectivity index (χ1n) is 6.06. The summed E-state index contributed by atoms with van der Waals surface area (Å²) in [5, 5.41) is 0. The predicted octanol–water partition coefficient (Wildman–Crippen LogP) is 2.98. The number of fused-ring (bicyclic) bond motifs is 1. The summed E-state index contributed by atoms with van der Waals surface area (Å²) in [5.41, 5.74) is 11.2. The molecule has 0 aromatic heterocycles. The van der Waals surface area contributed by atoms with E-state index in [9.17, 15) is 0 Å². The molecule has 1 aromatic rings. The van der Waals surface area contributed by atoms with Gasteiger partial charge in [-0.2, -0.15) is 0 Å². The van der Waals surface area contributed by atoms with Crippen molar-refractivity contribution in [3.8, 4) is 0 Å². The van der Waals surface area contributed by atoms with Crippen LogP contribution in [0.1, 0.15) is 48.9 Å². The molecule has 1 saturated carbocycles. The third-order valence-electron chi connectivity index (χ3n) is 4.27. The van der Waals surface area contributed by atoms with Crippen molar-refractivity contribution in [2.24, 2.45) is 11.1 Å². The van der Waals surface area contributed by atoms with Crippen molar-refractivity contribution >= 4 is 0 Å². The average molecular weight is 201 g/mol. The molecule has 3 rings (SSSR count). The first-order chi connectivity index (χ1) is 7.19.